The van der Waals surface area contributed by atoms with Crippen LogP contribution in [-0.2, 0) is 89.4 Å². The van der Waals surface area contributed by atoms with Gasteiger partial charge in [-0.1, -0.05) is 340 Å². The van der Waals surface area contributed by atoms with Crippen LogP contribution in [0.3, 0.4) is 0 Å². The molecule has 0 aliphatic heterocycles. The SMILES string of the molecule is CC(C)(C)Cc1ccnc(-c2[c-]ccc3c2oc2ccccc23)c1.CC(C)(c1ccccc1)c1ccnc(-c2[c-]cccc2)c1.CC(C)(c1ccccc1)c1ccnc(-c2[c-]cccc2)c1.CC(C)(c1ccccc1)c1ccnc(-c2[c-]cccc2)c1.CC(C)c1ccnc(-c2[c-]ccc3c2oc2ccccc23)c1.[Ir].[Ir].[Ir].[c-]1ccc2c(oc3ccccc32)c1-c1cc(CC2CCCCC2)ccn1. The fourth-order valence-electron chi connectivity index (χ4n) is 18.0. The molecule has 22 rings (SSSR count). The first-order valence-electron chi connectivity index (χ1n) is 47.0. The van der Waals surface area contributed by atoms with Gasteiger partial charge >= 0.3 is 0 Å². The zero-order chi connectivity index (χ0) is 93.3. The molecule has 138 heavy (non-hydrogen) atoms. The van der Waals surface area contributed by atoms with Gasteiger partial charge in [-0.15, -0.1) is 162 Å². The second-order valence-electron chi connectivity index (χ2n) is 37.8. The molecule has 1 fully saturated rings. The summed E-state index contributed by atoms with van der Waals surface area (Å²) in [4.78, 5) is 27.2. The Kier molecular flexibility index (Phi) is 33.9. The van der Waals surface area contributed by atoms with E-state index in [2.05, 4.69) is 349 Å². The average molecular weight is 2330 g/mol. The first-order valence-corrected chi connectivity index (χ1v) is 47.0. The van der Waals surface area contributed by atoms with Gasteiger partial charge in [0.15, 0.2) is 0 Å². The molecule has 3 radical (unpaired) electrons. The monoisotopic (exact) mass is 2340 g/mol. The first kappa shape index (κ1) is 101. The quantitative estimate of drug-likeness (QED) is 0.0872. The van der Waals surface area contributed by atoms with Crippen LogP contribution < -0.4 is 0 Å². The number of hydrogen-bond acceptors (Lipinski definition) is 9. The minimum absolute atomic E-state index is 0. The molecule has 697 valence electrons. The summed E-state index contributed by atoms with van der Waals surface area (Å²) < 4.78 is 18.3. The largest absolute Gasteiger partial charge is 0.501 e. The topological polar surface area (TPSA) is 117 Å². The Labute approximate surface area is 853 Å². The van der Waals surface area contributed by atoms with Crippen LogP contribution in [0.5, 0.6) is 0 Å². The average Bonchev–Trinajstić information content (AvgIpc) is 1.63. The molecule has 0 spiro atoms. The summed E-state index contributed by atoms with van der Waals surface area (Å²) in [6.07, 6.45) is 20.4. The third kappa shape index (κ3) is 24.2. The van der Waals surface area contributed by atoms with Crippen molar-refractivity contribution in [3.8, 4) is 67.5 Å². The molecule has 0 amide bonds. The summed E-state index contributed by atoms with van der Waals surface area (Å²) in [5.74, 6) is 1.29. The maximum atomic E-state index is 6.16. The molecule has 0 N–H and O–H groups in total. The Morgan fingerprint density at radius 1 is 0.283 bits per heavy atom. The van der Waals surface area contributed by atoms with Gasteiger partial charge < -0.3 is 43.2 Å². The second-order valence-corrected chi connectivity index (χ2v) is 37.8. The Morgan fingerprint density at radius 3 is 0.942 bits per heavy atom. The van der Waals surface area contributed by atoms with Crippen molar-refractivity contribution in [2.75, 3.05) is 0 Å². The van der Waals surface area contributed by atoms with Gasteiger partial charge in [0.2, 0.25) is 0 Å². The van der Waals surface area contributed by atoms with Crippen molar-refractivity contribution in [2.45, 2.75) is 143 Å². The zero-order valence-electron chi connectivity index (χ0n) is 79.9. The predicted molar refractivity (Wildman–Crippen MR) is 556 cm³/mol. The van der Waals surface area contributed by atoms with E-state index in [1.807, 2.05) is 177 Å². The molecule has 9 aromatic heterocycles. The van der Waals surface area contributed by atoms with E-state index in [0.29, 0.717) is 5.92 Å². The molecule has 1 aliphatic rings. The number of fused-ring (bicyclic) bond motifs is 9. The number of aromatic nitrogens is 6. The summed E-state index contributed by atoms with van der Waals surface area (Å²) in [6, 6.07) is 137. The van der Waals surface area contributed by atoms with E-state index >= 15 is 0 Å². The van der Waals surface area contributed by atoms with Crippen LogP contribution in [0, 0.1) is 47.7 Å². The Balaban J connectivity index is 0.000000132. The molecule has 9 nitrogen and oxygen atoms in total. The minimum atomic E-state index is -0.0479. The number of hydrogen-bond donors (Lipinski definition) is 0. The van der Waals surface area contributed by atoms with Crippen molar-refractivity contribution in [3.63, 3.8) is 0 Å². The van der Waals surface area contributed by atoms with Crippen LogP contribution in [0.1, 0.15) is 164 Å². The summed E-state index contributed by atoms with van der Waals surface area (Å²) >= 11 is 0. The molecule has 1 saturated carbocycles. The van der Waals surface area contributed by atoms with Crippen molar-refractivity contribution < 1.29 is 73.6 Å². The smallest absolute Gasteiger partial charge is 0.120 e. The molecule has 0 unspecified atom stereocenters. The molecule has 12 heteroatoms. The number of rotatable bonds is 16. The predicted octanol–water partition coefficient (Wildman–Crippen LogP) is 32.8. The van der Waals surface area contributed by atoms with Crippen molar-refractivity contribution in [2.24, 2.45) is 11.3 Å². The Bertz CT molecular complexity index is 7210. The number of furan rings is 3. The molecular formula is C126H112Ir3N6O3-6. The maximum Gasteiger partial charge on any atom is 0.120 e. The van der Waals surface area contributed by atoms with E-state index < -0.39 is 0 Å². The van der Waals surface area contributed by atoms with Crippen LogP contribution in [0.25, 0.3) is 133 Å². The van der Waals surface area contributed by atoms with Crippen LogP contribution in [-0.4, -0.2) is 29.9 Å². The van der Waals surface area contributed by atoms with Crippen LogP contribution in [0.4, 0.5) is 0 Å². The van der Waals surface area contributed by atoms with E-state index in [1.54, 1.807) is 0 Å². The van der Waals surface area contributed by atoms with E-state index in [9.17, 15) is 0 Å². The van der Waals surface area contributed by atoms with Crippen molar-refractivity contribution in [1.82, 2.24) is 29.9 Å². The molecule has 12 aromatic carbocycles. The van der Waals surface area contributed by atoms with Crippen molar-refractivity contribution in [3.05, 3.63) is 469 Å². The van der Waals surface area contributed by atoms with Crippen molar-refractivity contribution in [1.29, 1.82) is 0 Å². The molecule has 0 saturated heterocycles. The van der Waals surface area contributed by atoms with Crippen LogP contribution in [0.2, 0.25) is 0 Å². The minimum Gasteiger partial charge on any atom is -0.501 e. The first-order chi connectivity index (χ1) is 65.7. The van der Waals surface area contributed by atoms with Gasteiger partial charge in [-0.25, -0.2) is 0 Å². The summed E-state index contributed by atoms with van der Waals surface area (Å²) in [5.41, 5.74) is 28.7. The number of benzene rings is 12. The molecular weight excluding hydrogens is 2220 g/mol. The van der Waals surface area contributed by atoms with Gasteiger partial charge in [-0.2, -0.15) is 0 Å². The van der Waals surface area contributed by atoms with E-state index in [0.717, 1.165) is 152 Å². The fraction of sp³-hybridized carbons (Fsp3) is 0.190. The Morgan fingerprint density at radius 2 is 0.594 bits per heavy atom. The van der Waals surface area contributed by atoms with Gasteiger partial charge in [0, 0.05) is 130 Å². The maximum absolute atomic E-state index is 6.16. The van der Waals surface area contributed by atoms with E-state index in [1.165, 1.54) is 82.2 Å². The van der Waals surface area contributed by atoms with Crippen LogP contribution in [0.15, 0.2) is 396 Å². The number of para-hydroxylation sites is 3. The normalized spacial score (nSPS) is 12.1. The van der Waals surface area contributed by atoms with E-state index in [-0.39, 0.29) is 82.0 Å². The van der Waals surface area contributed by atoms with Gasteiger partial charge in [-0.05, 0) is 152 Å². The third-order valence-corrected chi connectivity index (χ3v) is 25.8. The summed E-state index contributed by atoms with van der Waals surface area (Å²) in [5, 5.41) is 6.77. The second kappa shape index (κ2) is 46.4. The van der Waals surface area contributed by atoms with Gasteiger partial charge in [-0.3, -0.25) is 0 Å². The van der Waals surface area contributed by atoms with Gasteiger partial charge in [0.25, 0.3) is 0 Å². The molecule has 0 bridgehead atoms. The fourth-order valence-corrected chi connectivity index (χ4v) is 18.0. The van der Waals surface area contributed by atoms with Crippen LogP contribution >= 0.6 is 0 Å². The molecule has 21 aromatic rings. The molecule has 0 atom stereocenters. The number of pyridine rings is 6. The van der Waals surface area contributed by atoms with E-state index in [4.69, 9.17) is 13.3 Å². The Hall–Kier alpha value is -13.1. The number of nitrogens with zero attached hydrogens (tertiary/aromatic N) is 6. The summed E-state index contributed by atoms with van der Waals surface area (Å²) in [7, 11) is 0. The van der Waals surface area contributed by atoms with Gasteiger partial charge in [0.05, 0.1) is 16.7 Å². The summed E-state index contributed by atoms with van der Waals surface area (Å²) in [6.45, 7) is 24.6. The standard InChI is InChI=1S/C24H22NO.C22H20NO.C20H16NO.3C20H18N.3Ir/c1-2-7-17(8-3-1)15-18-13-14-25-22(16-18)21-11-6-10-20-19-9-4-5-12-23(19)26-24(20)21;1-22(2,3)14-15-11-12-23-19(13-15)18-9-6-8-17-16-7-4-5-10-20(16)24-21(17)18;1-13(2)14-10-11-21-18(12-14)17-8-5-7-16-15-6-3-4-9-19(15)22-20(16)17;3*1-20(2,17-11-7-4-8-12-17)18-13-14-21-19(15-18)16-9-5-3-6-10-16;;;/h4-6,9-10,12-14,16-17H,1-3,7-8,15H2;4-8,10-13H,14H2,1-3H3;3-7,9-13H,1-2H3;3*3-9,11-15H,1-2H3;;;/q6*-1;;;. The zero-order valence-corrected chi connectivity index (χ0v) is 87.1. The molecule has 9 heterocycles. The van der Waals surface area contributed by atoms with Crippen molar-refractivity contribution >= 4 is 65.8 Å². The third-order valence-electron chi connectivity index (χ3n) is 25.8. The molecule has 1 aliphatic carbocycles. The van der Waals surface area contributed by atoms with Gasteiger partial charge in [0.1, 0.15) is 16.7 Å².